The molecule has 0 saturated carbocycles. The number of aliphatic hydroxyl groups excluding tert-OH is 1. The number of hydrogen-bond donors (Lipinski definition) is 3. The predicted octanol–water partition coefficient (Wildman–Crippen LogP) is 1.18. The summed E-state index contributed by atoms with van der Waals surface area (Å²) in [6.07, 6.45) is 4.52. The summed E-state index contributed by atoms with van der Waals surface area (Å²) < 4.78 is 0. The summed E-state index contributed by atoms with van der Waals surface area (Å²) in [4.78, 5) is 23.1. The average molecular weight is 269 g/mol. The Morgan fingerprint density at radius 1 is 1.26 bits per heavy atom. The Bertz CT molecular complexity index is 351. The molecule has 1 unspecified atom stereocenters. The Morgan fingerprint density at radius 3 is 2.37 bits per heavy atom. The van der Waals surface area contributed by atoms with E-state index in [-0.39, 0.29) is 12.5 Å². The van der Waals surface area contributed by atoms with Crippen LogP contribution < -0.4 is 5.32 Å². The molecule has 1 amide bonds. The molecule has 0 aromatic rings. The molecule has 0 bridgehead atoms. The van der Waals surface area contributed by atoms with Crippen molar-refractivity contribution in [2.45, 2.75) is 39.2 Å². The van der Waals surface area contributed by atoms with Crippen molar-refractivity contribution in [1.29, 1.82) is 0 Å². The minimum Gasteiger partial charge on any atom is -0.481 e. The fraction of sp³-hybridized carbons (Fsp3) is 0.714. The zero-order valence-electron chi connectivity index (χ0n) is 11.5. The van der Waals surface area contributed by atoms with Crippen LogP contribution in [-0.4, -0.2) is 34.7 Å². The van der Waals surface area contributed by atoms with E-state index in [0.29, 0.717) is 25.2 Å². The van der Waals surface area contributed by atoms with Crippen LogP contribution in [0.3, 0.4) is 0 Å². The van der Waals surface area contributed by atoms with Gasteiger partial charge in [-0.1, -0.05) is 26.0 Å². The van der Waals surface area contributed by atoms with E-state index >= 15 is 0 Å². The largest absolute Gasteiger partial charge is 0.481 e. The number of carbonyl (C=O) groups is 2. The molecular formula is C14H23NO4. The number of nitrogens with one attached hydrogen (secondary N) is 1. The summed E-state index contributed by atoms with van der Waals surface area (Å²) >= 11 is 0. The van der Waals surface area contributed by atoms with Gasteiger partial charge in [-0.25, -0.2) is 0 Å². The lowest BCUT2D eigenvalue weighted by molar-refractivity contribution is -0.147. The Morgan fingerprint density at radius 2 is 1.84 bits per heavy atom. The fourth-order valence-corrected chi connectivity index (χ4v) is 2.35. The fourth-order valence-electron chi connectivity index (χ4n) is 2.35. The van der Waals surface area contributed by atoms with Crippen molar-refractivity contribution in [2.24, 2.45) is 17.8 Å². The van der Waals surface area contributed by atoms with Crippen molar-refractivity contribution in [3.8, 4) is 0 Å². The SMILES string of the molecule is CC(C)CC(O)CNC(=O)[C@@H]1CC=CC[C@@H]1C(=O)O. The quantitative estimate of drug-likeness (QED) is 0.632. The summed E-state index contributed by atoms with van der Waals surface area (Å²) in [7, 11) is 0. The summed E-state index contributed by atoms with van der Waals surface area (Å²) in [5, 5.41) is 21.4. The molecule has 1 aliphatic carbocycles. The molecule has 0 heterocycles. The van der Waals surface area contributed by atoms with E-state index in [9.17, 15) is 14.7 Å². The van der Waals surface area contributed by atoms with Crippen LogP contribution in [0.15, 0.2) is 12.2 Å². The van der Waals surface area contributed by atoms with Crippen molar-refractivity contribution in [3.63, 3.8) is 0 Å². The highest BCUT2D eigenvalue weighted by Gasteiger charge is 2.33. The number of carbonyl (C=O) groups excluding carboxylic acids is 1. The van der Waals surface area contributed by atoms with Crippen LogP contribution in [-0.2, 0) is 9.59 Å². The highest BCUT2D eigenvalue weighted by Crippen LogP contribution is 2.26. The van der Waals surface area contributed by atoms with Gasteiger partial charge in [0.1, 0.15) is 0 Å². The molecule has 1 aliphatic rings. The minimum absolute atomic E-state index is 0.184. The average Bonchev–Trinajstić information content (AvgIpc) is 2.35. The smallest absolute Gasteiger partial charge is 0.307 e. The normalized spacial score (nSPS) is 24.2. The zero-order valence-corrected chi connectivity index (χ0v) is 11.5. The van der Waals surface area contributed by atoms with E-state index in [4.69, 9.17) is 5.11 Å². The first-order valence-electron chi connectivity index (χ1n) is 6.75. The van der Waals surface area contributed by atoms with Gasteiger partial charge < -0.3 is 15.5 Å². The molecule has 0 aromatic carbocycles. The van der Waals surface area contributed by atoms with Gasteiger partial charge in [0.05, 0.1) is 17.9 Å². The third kappa shape index (κ3) is 5.03. The van der Waals surface area contributed by atoms with E-state index in [2.05, 4.69) is 5.32 Å². The zero-order chi connectivity index (χ0) is 14.4. The Hall–Kier alpha value is -1.36. The molecule has 0 radical (unpaired) electrons. The van der Waals surface area contributed by atoms with E-state index in [1.807, 2.05) is 19.9 Å². The van der Waals surface area contributed by atoms with E-state index in [1.54, 1.807) is 6.08 Å². The van der Waals surface area contributed by atoms with Crippen LogP contribution in [0.4, 0.5) is 0 Å². The standard InChI is InChI=1S/C14H23NO4/c1-9(2)7-10(16)8-15-13(17)11-5-3-4-6-12(11)14(18)19/h3-4,9-12,16H,5-8H2,1-2H3,(H,15,17)(H,18,19)/t10?,11-,12+/m1/s1. The van der Waals surface area contributed by atoms with Crippen molar-refractivity contribution in [3.05, 3.63) is 12.2 Å². The van der Waals surface area contributed by atoms with Gasteiger partial charge in [0.25, 0.3) is 0 Å². The molecule has 19 heavy (non-hydrogen) atoms. The number of aliphatic carboxylic acids is 1. The molecule has 0 spiro atoms. The van der Waals surface area contributed by atoms with Crippen molar-refractivity contribution >= 4 is 11.9 Å². The van der Waals surface area contributed by atoms with E-state index in [1.165, 1.54) is 0 Å². The molecule has 5 nitrogen and oxygen atoms in total. The van der Waals surface area contributed by atoms with Crippen LogP contribution >= 0.6 is 0 Å². The highest BCUT2D eigenvalue weighted by atomic mass is 16.4. The second-order valence-corrected chi connectivity index (χ2v) is 5.52. The summed E-state index contributed by atoms with van der Waals surface area (Å²) in [5.74, 6) is -2.05. The summed E-state index contributed by atoms with van der Waals surface area (Å²) in [6, 6.07) is 0. The van der Waals surface area contributed by atoms with Crippen LogP contribution in [0.5, 0.6) is 0 Å². The second-order valence-electron chi connectivity index (χ2n) is 5.52. The second kappa shape index (κ2) is 7.28. The lowest BCUT2D eigenvalue weighted by Crippen LogP contribution is -2.41. The first-order valence-corrected chi connectivity index (χ1v) is 6.75. The number of amides is 1. The van der Waals surface area contributed by atoms with E-state index in [0.717, 1.165) is 0 Å². The molecule has 3 N–H and O–H groups in total. The predicted molar refractivity (Wildman–Crippen MR) is 71.5 cm³/mol. The Kier molecular flexibility index (Phi) is 6.02. The molecule has 5 heteroatoms. The van der Waals surface area contributed by atoms with Gasteiger partial charge in [-0.2, -0.15) is 0 Å². The first kappa shape index (κ1) is 15.7. The van der Waals surface area contributed by atoms with Gasteiger partial charge in [0.2, 0.25) is 5.91 Å². The minimum atomic E-state index is -0.938. The molecule has 0 aliphatic heterocycles. The van der Waals surface area contributed by atoms with Crippen LogP contribution in [0.1, 0.15) is 33.1 Å². The van der Waals surface area contributed by atoms with Crippen LogP contribution in [0, 0.1) is 17.8 Å². The van der Waals surface area contributed by atoms with Crippen LogP contribution in [0.2, 0.25) is 0 Å². The number of rotatable bonds is 6. The Labute approximate surface area is 113 Å². The maximum Gasteiger partial charge on any atom is 0.307 e. The number of allylic oxidation sites excluding steroid dienone is 2. The number of aliphatic hydroxyl groups is 1. The third-order valence-corrected chi connectivity index (χ3v) is 3.34. The number of hydrogen-bond acceptors (Lipinski definition) is 3. The van der Waals surface area contributed by atoms with E-state index < -0.39 is 23.9 Å². The highest BCUT2D eigenvalue weighted by molar-refractivity contribution is 5.85. The van der Waals surface area contributed by atoms with Crippen molar-refractivity contribution in [1.82, 2.24) is 5.32 Å². The lowest BCUT2D eigenvalue weighted by Gasteiger charge is -2.25. The molecule has 0 saturated heterocycles. The monoisotopic (exact) mass is 269 g/mol. The first-order chi connectivity index (χ1) is 8.91. The molecule has 1 rings (SSSR count). The van der Waals surface area contributed by atoms with Gasteiger partial charge >= 0.3 is 5.97 Å². The van der Waals surface area contributed by atoms with Gasteiger partial charge in [-0.15, -0.1) is 0 Å². The molecular weight excluding hydrogens is 246 g/mol. The molecule has 0 aromatic heterocycles. The van der Waals surface area contributed by atoms with Gasteiger partial charge in [0, 0.05) is 6.54 Å². The van der Waals surface area contributed by atoms with Gasteiger partial charge in [-0.3, -0.25) is 9.59 Å². The van der Waals surface area contributed by atoms with Gasteiger partial charge in [-0.05, 0) is 25.2 Å². The van der Waals surface area contributed by atoms with Crippen molar-refractivity contribution < 1.29 is 19.8 Å². The Balaban J connectivity index is 2.48. The molecule has 0 fully saturated rings. The van der Waals surface area contributed by atoms with Crippen LogP contribution in [0.25, 0.3) is 0 Å². The summed E-state index contributed by atoms with van der Waals surface area (Å²) in [6.45, 7) is 4.18. The summed E-state index contributed by atoms with van der Waals surface area (Å²) in [5.41, 5.74) is 0. The third-order valence-electron chi connectivity index (χ3n) is 3.34. The van der Waals surface area contributed by atoms with Gasteiger partial charge in [0.15, 0.2) is 0 Å². The topological polar surface area (TPSA) is 86.6 Å². The molecule has 3 atom stereocenters. The lowest BCUT2D eigenvalue weighted by atomic mass is 9.82. The number of carboxylic acids is 1. The maximum absolute atomic E-state index is 12.0. The van der Waals surface area contributed by atoms with Crippen molar-refractivity contribution in [2.75, 3.05) is 6.54 Å². The number of carboxylic acid groups (broad SMARTS) is 1. The molecule has 108 valence electrons. The maximum atomic E-state index is 12.0.